The van der Waals surface area contributed by atoms with Crippen molar-refractivity contribution in [1.29, 1.82) is 0 Å². The van der Waals surface area contributed by atoms with Gasteiger partial charge in [-0.1, -0.05) is 29.3 Å². The first-order valence-corrected chi connectivity index (χ1v) is 7.91. The van der Waals surface area contributed by atoms with Crippen LogP contribution in [0.15, 0.2) is 18.2 Å². The highest BCUT2D eigenvalue weighted by Gasteiger charge is 2.24. The van der Waals surface area contributed by atoms with Gasteiger partial charge in [0.25, 0.3) is 0 Å². The number of nitrogens with one attached hydrogen (secondary N) is 1. The minimum Gasteiger partial charge on any atom is -0.339 e. The van der Waals surface area contributed by atoms with Crippen molar-refractivity contribution < 1.29 is 14.4 Å². The molecule has 0 atom stereocenters. The second kappa shape index (κ2) is 7.66. The van der Waals surface area contributed by atoms with Gasteiger partial charge in [0.2, 0.25) is 17.7 Å². The number of benzene rings is 1. The van der Waals surface area contributed by atoms with Gasteiger partial charge in [-0.2, -0.15) is 0 Å². The number of nitrogens with zero attached hydrogens (tertiary/aromatic N) is 2. The fourth-order valence-corrected chi connectivity index (χ4v) is 2.81. The molecule has 0 saturated carbocycles. The van der Waals surface area contributed by atoms with Gasteiger partial charge in [-0.05, 0) is 12.1 Å². The number of hydrogen-bond acceptors (Lipinski definition) is 3. The van der Waals surface area contributed by atoms with E-state index < -0.39 is 5.91 Å². The summed E-state index contributed by atoms with van der Waals surface area (Å²) in [5, 5.41) is 3.19. The summed E-state index contributed by atoms with van der Waals surface area (Å²) in [6.45, 7) is 3.33. The van der Waals surface area contributed by atoms with E-state index in [-0.39, 0.29) is 18.2 Å². The molecule has 0 bridgehead atoms. The SMILES string of the molecule is CC(=O)N1CCN(C(=O)CC(=O)Nc2c(Cl)cccc2Cl)CC1. The Hall–Kier alpha value is -1.79. The van der Waals surface area contributed by atoms with E-state index in [9.17, 15) is 14.4 Å². The zero-order chi connectivity index (χ0) is 17.0. The Bertz CT molecular complexity index is 608. The molecule has 1 aromatic rings. The van der Waals surface area contributed by atoms with Crippen LogP contribution in [0.1, 0.15) is 13.3 Å². The van der Waals surface area contributed by atoms with Crippen molar-refractivity contribution >= 4 is 46.6 Å². The molecule has 2 rings (SSSR count). The molecule has 6 nitrogen and oxygen atoms in total. The molecular formula is C15H17Cl2N3O3. The lowest BCUT2D eigenvalue weighted by Crippen LogP contribution is -2.50. The minimum atomic E-state index is -0.473. The van der Waals surface area contributed by atoms with Crippen molar-refractivity contribution in [2.75, 3.05) is 31.5 Å². The third-order valence-electron chi connectivity index (χ3n) is 3.62. The van der Waals surface area contributed by atoms with Gasteiger partial charge in [-0.25, -0.2) is 0 Å². The van der Waals surface area contributed by atoms with Crippen LogP contribution >= 0.6 is 23.2 Å². The van der Waals surface area contributed by atoms with Crippen molar-refractivity contribution in [2.45, 2.75) is 13.3 Å². The number of rotatable bonds is 3. The van der Waals surface area contributed by atoms with Crippen LogP contribution in [-0.2, 0) is 14.4 Å². The lowest BCUT2D eigenvalue weighted by atomic mass is 10.2. The van der Waals surface area contributed by atoms with Gasteiger partial charge in [0.15, 0.2) is 0 Å². The van der Waals surface area contributed by atoms with E-state index in [1.165, 1.54) is 6.92 Å². The van der Waals surface area contributed by atoms with E-state index in [0.717, 1.165) is 0 Å². The van der Waals surface area contributed by atoms with Gasteiger partial charge in [0, 0.05) is 33.1 Å². The molecule has 23 heavy (non-hydrogen) atoms. The van der Waals surface area contributed by atoms with Crippen LogP contribution in [0.25, 0.3) is 0 Å². The normalized spacial score (nSPS) is 14.6. The van der Waals surface area contributed by atoms with Gasteiger partial charge >= 0.3 is 0 Å². The van der Waals surface area contributed by atoms with Gasteiger partial charge in [-0.15, -0.1) is 0 Å². The number of carbonyl (C=O) groups is 3. The first kappa shape index (κ1) is 17.6. The molecule has 0 spiro atoms. The lowest BCUT2D eigenvalue weighted by molar-refractivity contribution is -0.140. The molecule has 1 aromatic carbocycles. The summed E-state index contributed by atoms with van der Waals surface area (Å²) in [7, 11) is 0. The summed E-state index contributed by atoms with van der Waals surface area (Å²) in [4.78, 5) is 38.6. The van der Waals surface area contributed by atoms with Crippen molar-refractivity contribution in [3.63, 3.8) is 0 Å². The molecule has 0 radical (unpaired) electrons. The first-order chi connectivity index (χ1) is 10.9. The zero-order valence-electron chi connectivity index (χ0n) is 12.6. The molecule has 3 amide bonds. The maximum Gasteiger partial charge on any atom is 0.233 e. The minimum absolute atomic E-state index is 0.0109. The van der Waals surface area contributed by atoms with Crippen LogP contribution in [0.4, 0.5) is 5.69 Å². The summed E-state index contributed by atoms with van der Waals surface area (Å²) in [5.41, 5.74) is 0.301. The molecule has 0 unspecified atom stereocenters. The summed E-state index contributed by atoms with van der Waals surface area (Å²) in [5.74, 6) is -0.768. The standard InChI is InChI=1S/C15H17Cl2N3O3/c1-10(21)19-5-7-20(8-6-19)14(23)9-13(22)18-15-11(16)3-2-4-12(15)17/h2-4H,5-9H2,1H3,(H,18,22). The third kappa shape index (κ3) is 4.59. The fourth-order valence-electron chi connectivity index (χ4n) is 2.32. The van der Waals surface area contributed by atoms with Crippen LogP contribution in [-0.4, -0.2) is 53.7 Å². The molecule has 8 heteroatoms. The Balaban J connectivity index is 1.88. The second-order valence-electron chi connectivity index (χ2n) is 5.21. The van der Waals surface area contributed by atoms with E-state index in [0.29, 0.717) is 41.9 Å². The molecule has 1 aliphatic heterocycles. The molecule has 1 N–H and O–H groups in total. The van der Waals surface area contributed by atoms with Crippen LogP contribution < -0.4 is 5.32 Å². The van der Waals surface area contributed by atoms with E-state index in [4.69, 9.17) is 23.2 Å². The number of halogens is 2. The van der Waals surface area contributed by atoms with Crippen molar-refractivity contribution in [3.8, 4) is 0 Å². The molecule has 1 heterocycles. The summed E-state index contributed by atoms with van der Waals surface area (Å²) in [6.07, 6.45) is -0.290. The molecule has 0 aromatic heterocycles. The Morgan fingerprint density at radius 3 is 2.09 bits per heavy atom. The van der Waals surface area contributed by atoms with Crippen molar-refractivity contribution in [3.05, 3.63) is 28.2 Å². The van der Waals surface area contributed by atoms with Crippen LogP contribution in [0.5, 0.6) is 0 Å². The zero-order valence-corrected chi connectivity index (χ0v) is 14.2. The maximum atomic E-state index is 12.1. The van der Waals surface area contributed by atoms with Crippen molar-refractivity contribution in [1.82, 2.24) is 9.80 Å². The Morgan fingerprint density at radius 2 is 1.57 bits per heavy atom. The largest absolute Gasteiger partial charge is 0.339 e. The quantitative estimate of drug-likeness (QED) is 0.841. The first-order valence-electron chi connectivity index (χ1n) is 7.15. The molecule has 1 saturated heterocycles. The number of para-hydroxylation sites is 1. The predicted molar refractivity (Wildman–Crippen MR) is 88.5 cm³/mol. The highest BCUT2D eigenvalue weighted by molar-refractivity contribution is 6.39. The average molecular weight is 358 g/mol. The highest BCUT2D eigenvalue weighted by atomic mass is 35.5. The van der Waals surface area contributed by atoms with Crippen LogP contribution in [0.2, 0.25) is 10.0 Å². The van der Waals surface area contributed by atoms with Crippen LogP contribution in [0.3, 0.4) is 0 Å². The van der Waals surface area contributed by atoms with Gasteiger partial charge in [0.05, 0.1) is 15.7 Å². The lowest BCUT2D eigenvalue weighted by Gasteiger charge is -2.34. The average Bonchev–Trinajstić information content (AvgIpc) is 2.51. The number of anilines is 1. The summed E-state index contributed by atoms with van der Waals surface area (Å²) in [6, 6.07) is 4.87. The predicted octanol–water partition coefficient (Wildman–Crippen LogP) is 2.01. The van der Waals surface area contributed by atoms with E-state index in [1.54, 1.807) is 28.0 Å². The monoisotopic (exact) mass is 357 g/mol. The number of hydrogen-bond donors (Lipinski definition) is 1. The Labute approximate surface area is 144 Å². The Kier molecular flexibility index (Phi) is 5.85. The Morgan fingerprint density at radius 1 is 1.04 bits per heavy atom. The highest BCUT2D eigenvalue weighted by Crippen LogP contribution is 2.29. The second-order valence-corrected chi connectivity index (χ2v) is 6.02. The van der Waals surface area contributed by atoms with E-state index in [1.807, 2.05) is 0 Å². The number of piperazine rings is 1. The molecule has 1 aliphatic rings. The van der Waals surface area contributed by atoms with Gasteiger partial charge in [-0.3, -0.25) is 14.4 Å². The van der Waals surface area contributed by atoms with E-state index in [2.05, 4.69) is 5.32 Å². The summed E-state index contributed by atoms with van der Waals surface area (Å²) < 4.78 is 0. The van der Waals surface area contributed by atoms with E-state index >= 15 is 0 Å². The molecule has 0 aliphatic carbocycles. The molecular weight excluding hydrogens is 341 g/mol. The van der Waals surface area contributed by atoms with Gasteiger partial charge < -0.3 is 15.1 Å². The third-order valence-corrected chi connectivity index (χ3v) is 4.25. The maximum absolute atomic E-state index is 12.1. The number of carbonyl (C=O) groups excluding carboxylic acids is 3. The number of amides is 3. The fraction of sp³-hybridized carbons (Fsp3) is 0.400. The van der Waals surface area contributed by atoms with Gasteiger partial charge in [0.1, 0.15) is 6.42 Å². The van der Waals surface area contributed by atoms with Crippen LogP contribution in [0, 0.1) is 0 Å². The molecule has 1 fully saturated rings. The summed E-state index contributed by atoms with van der Waals surface area (Å²) >= 11 is 11.9. The topological polar surface area (TPSA) is 69.7 Å². The van der Waals surface area contributed by atoms with Crippen molar-refractivity contribution in [2.24, 2.45) is 0 Å². The smallest absolute Gasteiger partial charge is 0.233 e. The molecule has 124 valence electrons.